The first-order valence-corrected chi connectivity index (χ1v) is 6.06. The highest BCUT2D eigenvalue weighted by atomic mass is 32.1. The maximum absolute atomic E-state index is 9.70. The van der Waals surface area contributed by atoms with Crippen LogP contribution >= 0.6 is 11.3 Å². The van der Waals surface area contributed by atoms with E-state index in [0.717, 1.165) is 36.4 Å². The highest BCUT2D eigenvalue weighted by molar-refractivity contribution is 7.11. The maximum Gasteiger partial charge on any atom is 0.0956 e. The van der Waals surface area contributed by atoms with Crippen molar-refractivity contribution in [3.8, 4) is 0 Å². The number of aromatic nitrogens is 1. The van der Waals surface area contributed by atoms with Gasteiger partial charge in [-0.15, -0.1) is 11.3 Å². The predicted octanol–water partition coefficient (Wildman–Crippen LogP) is 2.85. The van der Waals surface area contributed by atoms with Crippen LogP contribution in [0.1, 0.15) is 41.8 Å². The normalized spacial score (nSPS) is 13.1. The summed E-state index contributed by atoms with van der Waals surface area (Å²) in [5.74, 6) is 0. The summed E-state index contributed by atoms with van der Waals surface area (Å²) < 4.78 is 0. The molecule has 2 nitrogen and oxygen atoms in total. The minimum atomic E-state index is -0.208. The molecule has 0 aliphatic rings. The zero-order valence-electron chi connectivity index (χ0n) is 9.21. The molecule has 1 heterocycles. The summed E-state index contributed by atoms with van der Waals surface area (Å²) in [4.78, 5) is 5.68. The van der Waals surface area contributed by atoms with Crippen LogP contribution in [0, 0.1) is 13.8 Å². The zero-order valence-corrected chi connectivity index (χ0v) is 10.0. The minimum Gasteiger partial charge on any atom is -0.393 e. The second-order valence-electron chi connectivity index (χ2n) is 3.75. The van der Waals surface area contributed by atoms with Gasteiger partial charge in [-0.05, 0) is 20.3 Å². The van der Waals surface area contributed by atoms with E-state index >= 15 is 0 Å². The number of aliphatic hydroxyl groups excluding tert-OH is 1. The number of aliphatic hydroxyl groups is 1. The third-order valence-electron chi connectivity index (χ3n) is 2.37. The summed E-state index contributed by atoms with van der Waals surface area (Å²) in [6.07, 6.45) is 3.66. The van der Waals surface area contributed by atoms with E-state index in [1.54, 1.807) is 11.3 Å². The van der Waals surface area contributed by atoms with Crippen LogP contribution in [-0.2, 0) is 6.42 Å². The Morgan fingerprint density at radius 2 is 2.14 bits per heavy atom. The van der Waals surface area contributed by atoms with E-state index in [1.165, 1.54) is 4.88 Å². The first-order valence-electron chi connectivity index (χ1n) is 5.24. The predicted molar refractivity (Wildman–Crippen MR) is 60.8 cm³/mol. The number of hydrogen-bond donors (Lipinski definition) is 1. The Labute approximate surface area is 90.0 Å². The van der Waals surface area contributed by atoms with Crippen LogP contribution in [0.2, 0.25) is 0 Å². The van der Waals surface area contributed by atoms with Crippen molar-refractivity contribution in [3.05, 3.63) is 15.6 Å². The Morgan fingerprint density at radius 3 is 2.64 bits per heavy atom. The van der Waals surface area contributed by atoms with Crippen molar-refractivity contribution in [1.82, 2.24) is 4.98 Å². The van der Waals surface area contributed by atoms with Crippen molar-refractivity contribution in [2.24, 2.45) is 0 Å². The van der Waals surface area contributed by atoms with E-state index in [2.05, 4.69) is 18.8 Å². The molecule has 0 fully saturated rings. The van der Waals surface area contributed by atoms with E-state index in [1.807, 2.05) is 6.92 Å². The van der Waals surface area contributed by atoms with Crippen molar-refractivity contribution < 1.29 is 5.11 Å². The molecule has 1 aromatic heterocycles. The largest absolute Gasteiger partial charge is 0.393 e. The minimum absolute atomic E-state index is 0.208. The summed E-state index contributed by atoms with van der Waals surface area (Å²) in [5, 5.41) is 10.8. The number of nitrogens with zero attached hydrogens (tertiary/aromatic N) is 1. The SMILES string of the molecule is CCCCC(O)Cc1nc(C)c(C)s1. The van der Waals surface area contributed by atoms with Crippen LogP contribution in [0.5, 0.6) is 0 Å². The Morgan fingerprint density at radius 1 is 1.43 bits per heavy atom. The molecule has 1 unspecified atom stereocenters. The third-order valence-corrected chi connectivity index (χ3v) is 3.47. The number of rotatable bonds is 5. The Bertz CT molecular complexity index is 263. The fourth-order valence-electron chi connectivity index (χ4n) is 1.37. The molecular formula is C11H19NOS. The molecule has 1 N–H and O–H groups in total. The van der Waals surface area contributed by atoms with Crippen molar-refractivity contribution in [1.29, 1.82) is 0 Å². The molecule has 0 aliphatic heterocycles. The molecule has 3 heteroatoms. The average Bonchev–Trinajstić information content (AvgIpc) is 2.42. The molecule has 1 aromatic rings. The van der Waals surface area contributed by atoms with Gasteiger partial charge in [-0.2, -0.15) is 0 Å². The van der Waals surface area contributed by atoms with Gasteiger partial charge in [0.2, 0.25) is 0 Å². The molecule has 0 saturated carbocycles. The summed E-state index contributed by atoms with van der Waals surface area (Å²) in [7, 11) is 0. The quantitative estimate of drug-likeness (QED) is 0.816. The van der Waals surface area contributed by atoms with Crippen LogP contribution in [0.4, 0.5) is 0 Å². The summed E-state index contributed by atoms with van der Waals surface area (Å²) in [6.45, 7) is 6.24. The van der Waals surface area contributed by atoms with Crippen LogP contribution < -0.4 is 0 Å². The zero-order chi connectivity index (χ0) is 10.6. The van der Waals surface area contributed by atoms with Gasteiger partial charge in [-0.3, -0.25) is 0 Å². The summed E-state index contributed by atoms with van der Waals surface area (Å²) in [5.41, 5.74) is 1.10. The van der Waals surface area contributed by atoms with E-state index in [-0.39, 0.29) is 6.10 Å². The van der Waals surface area contributed by atoms with E-state index in [9.17, 15) is 5.11 Å². The summed E-state index contributed by atoms with van der Waals surface area (Å²) in [6, 6.07) is 0. The lowest BCUT2D eigenvalue weighted by atomic mass is 10.1. The van der Waals surface area contributed by atoms with Gasteiger partial charge in [0.1, 0.15) is 0 Å². The van der Waals surface area contributed by atoms with Crippen molar-refractivity contribution in [3.63, 3.8) is 0 Å². The van der Waals surface area contributed by atoms with Gasteiger partial charge >= 0.3 is 0 Å². The molecule has 0 aromatic carbocycles. The number of thiazole rings is 1. The smallest absolute Gasteiger partial charge is 0.0956 e. The van der Waals surface area contributed by atoms with Crippen LogP contribution in [0.3, 0.4) is 0 Å². The van der Waals surface area contributed by atoms with Gasteiger partial charge in [0.05, 0.1) is 16.8 Å². The summed E-state index contributed by atoms with van der Waals surface area (Å²) >= 11 is 1.71. The molecule has 1 rings (SSSR count). The average molecular weight is 213 g/mol. The van der Waals surface area contributed by atoms with Gasteiger partial charge in [0.25, 0.3) is 0 Å². The second kappa shape index (κ2) is 5.47. The van der Waals surface area contributed by atoms with Crippen molar-refractivity contribution >= 4 is 11.3 Å². The molecule has 1 atom stereocenters. The van der Waals surface area contributed by atoms with E-state index in [4.69, 9.17) is 0 Å². The topological polar surface area (TPSA) is 33.1 Å². The molecule has 0 aliphatic carbocycles. The monoisotopic (exact) mass is 213 g/mol. The molecule has 0 radical (unpaired) electrons. The molecule has 80 valence electrons. The Hall–Kier alpha value is -0.410. The first kappa shape index (κ1) is 11.7. The number of hydrogen-bond acceptors (Lipinski definition) is 3. The molecule has 0 spiro atoms. The van der Waals surface area contributed by atoms with Gasteiger partial charge in [-0.25, -0.2) is 4.98 Å². The lowest BCUT2D eigenvalue weighted by molar-refractivity contribution is 0.161. The molecular weight excluding hydrogens is 194 g/mol. The fourth-order valence-corrected chi connectivity index (χ4v) is 2.37. The number of aryl methyl sites for hydroxylation is 2. The number of unbranched alkanes of at least 4 members (excludes halogenated alkanes) is 1. The maximum atomic E-state index is 9.70. The van der Waals surface area contributed by atoms with Crippen LogP contribution in [-0.4, -0.2) is 16.2 Å². The van der Waals surface area contributed by atoms with Crippen molar-refractivity contribution in [2.75, 3.05) is 0 Å². The standard InChI is InChI=1S/C11H19NOS/c1-4-5-6-10(13)7-11-12-8(2)9(3)14-11/h10,13H,4-7H2,1-3H3. The molecule has 0 saturated heterocycles. The lowest BCUT2D eigenvalue weighted by Gasteiger charge is -2.06. The van der Waals surface area contributed by atoms with Crippen molar-refractivity contribution in [2.45, 2.75) is 52.6 Å². The van der Waals surface area contributed by atoms with Gasteiger partial charge in [-0.1, -0.05) is 19.8 Å². The van der Waals surface area contributed by atoms with E-state index in [0.29, 0.717) is 0 Å². The third kappa shape index (κ3) is 3.39. The van der Waals surface area contributed by atoms with Gasteiger partial charge < -0.3 is 5.11 Å². The Balaban J connectivity index is 2.43. The van der Waals surface area contributed by atoms with Crippen LogP contribution in [0.15, 0.2) is 0 Å². The highest BCUT2D eigenvalue weighted by Crippen LogP contribution is 2.18. The molecule has 0 bridgehead atoms. The van der Waals surface area contributed by atoms with E-state index < -0.39 is 0 Å². The molecule has 0 amide bonds. The lowest BCUT2D eigenvalue weighted by Crippen LogP contribution is -2.09. The fraction of sp³-hybridized carbons (Fsp3) is 0.727. The first-order chi connectivity index (χ1) is 6.63. The van der Waals surface area contributed by atoms with Crippen LogP contribution in [0.25, 0.3) is 0 Å². The molecule has 14 heavy (non-hydrogen) atoms. The highest BCUT2D eigenvalue weighted by Gasteiger charge is 2.09. The second-order valence-corrected chi connectivity index (χ2v) is 5.04. The van der Waals surface area contributed by atoms with Gasteiger partial charge in [0, 0.05) is 11.3 Å². The Kier molecular flexibility index (Phi) is 4.55. The van der Waals surface area contributed by atoms with Gasteiger partial charge in [0.15, 0.2) is 0 Å².